The normalized spacial score (nSPS) is 18.9. The molecule has 3 rings (SSSR count). The van der Waals surface area contributed by atoms with Crippen molar-refractivity contribution in [3.63, 3.8) is 0 Å². The number of hydrogen-bond donors (Lipinski definition) is 2. The van der Waals surface area contributed by atoms with Gasteiger partial charge in [0, 0.05) is 34.9 Å². The van der Waals surface area contributed by atoms with Crippen molar-refractivity contribution in [2.75, 3.05) is 6.54 Å². The summed E-state index contributed by atoms with van der Waals surface area (Å²) in [5, 5.41) is 4.78. The topological polar surface area (TPSA) is 27.8 Å². The SMILES string of the molecule is C(=C1CCCCN1)c1c[nH]c2ccccc12. The Morgan fingerprint density at radius 1 is 1.12 bits per heavy atom. The van der Waals surface area contributed by atoms with Gasteiger partial charge in [-0.2, -0.15) is 0 Å². The lowest BCUT2D eigenvalue weighted by molar-refractivity contribution is 0.592. The van der Waals surface area contributed by atoms with E-state index < -0.39 is 0 Å². The lowest BCUT2D eigenvalue weighted by atomic mass is 10.1. The maximum Gasteiger partial charge on any atom is 0.0460 e. The van der Waals surface area contributed by atoms with Crippen LogP contribution in [0.15, 0.2) is 36.2 Å². The number of hydrogen-bond acceptors (Lipinski definition) is 1. The second kappa shape index (κ2) is 4.05. The van der Waals surface area contributed by atoms with Gasteiger partial charge in [0.1, 0.15) is 0 Å². The maximum absolute atomic E-state index is 3.47. The van der Waals surface area contributed by atoms with Gasteiger partial charge in [-0.15, -0.1) is 0 Å². The van der Waals surface area contributed by atoms with Crippen molar-refractivity contribution in [2.45, 2.75) is 19.3 Å². The average molecular weight is 212 g/mol. The molecule has 0 radical (unpaired) electrons. The number of rotatable bonds is 1. The zero-order valence-corrected chi connectivity index (χ0v) is 9.29. The first kappa shape index (κ1) is 9.52. The summed E-state index contributed by atoms with van der Waals surface area (Å²) < 4.78 is 0. The Bertz CT molecular complexity index is 514. The molecule has 0 bridgehead atoms. The molecule has 16 heavy (non-hydrogen) atoms. The Morgan fingerprint density at radius 2 is 2.06 bits per heavy atom. The van der Waals surface area contributed by atoms with Crippen molar-refractivity contribution in [1.82, 2.24) is 10.3 Å². The van der Waals surface area contributed by atoms with Gasteiger partial charge in [0.25, 0.3) is 0 Å². The van der Waals surface area contributed by atoms with E-state index in [0.717, 1.165) is 6.54 Å². The molecule has 1 fully saturated rings. The van der Waals surface area contributed by atoms with E-state index in [9.17, 15) is 0 Å². The number of allylic oxidation sites excluding steroid dienone is 1. The fourth-order valence-electron chi connectivity index (χ4n) is 2.30. The highest BCUT2D eigenvalue weighted by atomic mass is 14.9. The van der Waals surface area contributed by atoms with Gasteiger partial charge in [0.05, 0.1) is 0 Å². The Hall–Kier alpha value is -1.70. The quantitative estimate of drug-likeness (QED) is 0.746. The first-order valence-corrected chi connectivity index (χ1v) is 5.94. The van der Waals surface area contributed by atoms with E-state index in [1.165, 1.54) is 41.4 Å². The van der Waals surface area contributed by atoms with Crippen molar-refractivity contribution in [3.05, 3.63) is 41.7 Å². The van der Waals surface area contributed by atoms with E-state index in [1.807, 2.05) is 0 Å². The number of aromatic amines is 1. The fraction of sp³-hybridized carbons (Fsp3) is 0.286. The molecule has 0 aliphatic carbocycles. The van der Waals surface area contributed by atoms with Crippen LogP contribution < -0.4 is 5.32 Å². The molecule has 0 amide bonds. The third-order valence-electron chi connectivity index (χ3n) is 3.18. The Balaban J connectivity index is 1.99. The predicted octanol–water partition coefficient (Wildman–Crippen LogP) is 3.28. The molecule has 0 unspecified atom stereocenters. The van der Waals surface area contributed by atoms with Crippen molar-refractivity contribution in [3.8, 4) is 0 Å². The van der Waals surface area contributed by atoms with Crippen molar-refractivity contribution < 1.29 is 0 Å². The Morgan fingerprint density at radius 3 is 2.94 bits per heavy atom. The van der Waals surface area contributed by atoms with Gasteiger partial charge in [-0.25, -0.2) is 0 Å². The predicted molar refractivity (Wildman–Crippen MR) is 68.1 cm³/mol. The molecule has 2 aromatic rings. The highest BCUT2D eigenvalue weighted by molar-refractivity contribution is 5.89. The van der Waals surface area contributed by atoms with Crippen LogP contribution in [0.2, 0.25) is 0 Å². The first-order chi connectivity index (χ1) is 7.93. The van der Waals surface area contributed by atoms with Crippen LogP contribution in [-0.2, 0) is 0 Å². The van der Waals surface area contributed by atoms with E-state index >= 15 is 0 Å². The molecule has 2 heterocycles. The largest absolute Gasteiger partial charge is 0.388 e. The van der Waals surface area contributed by atoms with Crippen LogP contribution >= 0.6 is 0 Å². The summed E-state index contributed by atoms with van der Waals surface area (Å²) >= 11 is 0. The molecule has 1 aliphatic heterocycles. The number of fused-ring (bicyclic) bond motifs is 1. The molecule has 2 N–H and O–H groups in total. The molecular weight excluding hydrogens is 196 g/mol. The molecule has 1 aliphatic rings. The van der Waals surface area contributed by atoms with Crippen LogP contribution in [0.1, 0.15) is 24.8 Å². The van der Waals surface area contributed by atoms with Gasteiger partial charge in [-0.05, 0) is 31.4 Å². The fourth-order valence-corrected chi connectivity index (χ4v) is 2.30. The average Bonchev–Trinajstić information content (AvgIpc) is 2.74. The summed E-state index contributed by atoms with van der Waals surface area (Å²) in [6.45, 7) is 1.12. The second-order valence-corrected chi connectivity index (χ2v) is 4.34. The first-order valence-electron chi connectivity index (χ1n) is 5.94. The summed E-state index contributed by atoms with van der Waals surface area (Å²) in [4.78, 5) is 3.31. The monoisotopic (exact) mass is 212 g/mol. The molecule has 0 saturated carbocycles. The molecule has 2 nitrogen and oxygen atoms in total. The van der Waals surface area contributed by atoms with Crippen LogP contribution in [0.5, 0.6) is 0 Å². The van der Waals surface area contributed by atoms with Crippen LogP contribution in [0, 0.1) is 0 Å². The zero-order chi connectivity index (χ0) is 10.8. The van der Waals surface area contributed by atoms with Crippen molar-refractivity contribution in [2.24, 2.45) is 0 Å². The summed E-state index contributed by atoms with van der Waals surface area (Å²) in [6.07, 6.45) is 8.15. The van der Waals surface area contributed by atoms with Gasteiger partial charge in [-0.1, -0.05) is 18.2 Å². The van der Waals surface area contributed by atoms with E-state index in [4.69, 9.17) is 0 Å². The van der Waals surface area contributed by atoms with Crippen molar-refractivity contribution in [1.29, 1.82) is 0 Å². The van der Waals surface area contributed by atoms with E-state index in [0.29, 0.717) is 0 Å². The van der Waals surface area contributed by atoms with Gasteiger partial charge in [0.15, 0.2) is 0 Å². The summed E-state index contributed by atoms with van der Waals surface area (Å²) in [5.41, 5.74) is 3.88. The van der Waals surface area contributed by atoms with Crippen LogP contribution in [0.25, 0.3) is 17.0 Å². The molecule has 1 aromatic carbocycles. The van der Waals surface area contributed by atoms with E-state index in [2.05, 4.69) is 46.8 Å². The molecule has 82 valence electrons. The van der Waals surface area contributed by atoms with Gasteiger partial charge < -0.3 is 10.3 Å². The van der Waals surface area contributed by atoms with Gasteiger partial charge in [-0.3, -0.25) is 0 Å². The Labute approximate surface area is 95.4 Å². The molecule has 1 saturated heterocycles. The zero-order valence-electron chi connectivity index (χ0n) is 9.29. The van der Waals surface area contributed by atoms with Crippen LogP contribution in [0.4, 0.5) is 0 Å². The van der Waals surface area contributed by atoms with Gasteiger partial charge >= 0.3 is 0 Å². The maximum atomic E-state index is 3.47. The lowest BCUT2D eigenvalue weighted by Crippen LogP contribution is -2.19. The van der Waals surface area contributed by atoms with Crippen molar-refractivity contribution >= 4 is 17.0 Å². The third-order valence-corrected chi connectivity index (χ3v) is 3.18. The van der Waals surface area contributed by atoms with Gasteiger partial charge in [0.2, 0.25) is 0 Å². The molecular formula is C14H16N2. The highest BCUT2D eigenvalue weighted by Gasteiger charge is 2.05. The van der Waals surface area contributed by atoms with Crippen LogP contribution in [-0.4, -0.2) is 11.5 Å². The number of benzene rings is 1. The smallest absolute Gasteiger partial charge is 0.0460 e. The summed E-state index contributed by atoms with van der Waals surface area (Å²) in [6, 6.07) is 8.44. The number of piperidine rings is 1. The molecule has 1 aromatic heterocycles. The number of para-hydroxylation sites is 1. The minimum atomic E-state index is 1.12. The molecule has 2 heteroatoms. The minimum Gasteiger partial charge on any atom is -0.388 e. The Kier molecular flexibility index (Phi) is 2.41. The molecule has 0 atom stereocenters. The third kappa shape index (κ3) is 1.71. The molecule has 0 spiro atoms. The number of nitrogens with one attached hydrogen (secondary N) is 2. The minimum absolute atomic E-state index is 1.12. The summed E-state index contributed by atoms with van der Waals surface area (Å²) in [7, 11) is 0. The van der Waals surface area contributed by atoms with Crippen LogP contribution in [0.3, 0.4) is 0 Å². The number of H-pyrrole nitrogens is 1. The van der Waals surface area contributed by atoms with E-state index in [-0.39, 0.29) is 0 Å². The van der Waals surface area contributed by atoms with E-state index in [1.54, 1.807) is 0 Å². The summed E-state index contributed by atoms with van der Waals surface area (Å²) in [5.74, 6) is 0. The second-order valence-electron chi connectivity index (χ2n) is 4.34. The standard InChI is InChI=1S/C14H16N2/c1-2-7-14-13(6-1)11(10-16-14)9-12-5-3-4-8-15-12/h1-2,6-7,9-10,15-16H,3-5,8H2. The lowest BCUT2D eigenvalue weighted by Gasteiger charge is -2.16. The highest BCUT2D eigenvalue weighted by Crippen LogP contribution is 2.21. The number of aromatic nitrogens is 1.